The Balaban J connectivity index is 1.97. The Labute approximate surface area is 123 Å². The molecule has 0 aromatic heterocycles. The molecule has 1 aliphatic rings. The van der Waals surface area contributed by atoms with Gasteiger partial charge in [-0.1, -0.05) is 18.6 Å². The van der Waals surface area contributed by atoms with Gasteiger partial charge in [0.05, 0.1) is 5.92 Å². The van der Waals surface area contributed by atoms with Crippen LogP contribution in [0.25, 0.3) is 0 Å². The van der Waals surface area contributed by atoms with Gasteiger partial charge in [0.2, 0.25) is 5.91 Å². The molecule has 2 atom stereocenters. The van der Waals surface area contributed by atoms with Gasteiger partial charge in [-0.15, -0.1) is 0 Å². The molecule has 0 heterocycles. The molecule has 21 heavy (non-hydrogen) atoms. The third-order valence-corrected chi connectivity index (χ3v) is 4.06. The minimum absolute atomic E-state index is 0.0507. The molecule has 0 unspecified atom stereocenters. The molecule has 1 aliphatic carbocycles. The third kappa shape index (κ3) is 4.03. The maximum atomic E-state index is 13.1. The lowest BCUT2D eigenvalue weighted by Crippen LogP contribution is -2.36. The molecule has 5 heteroatoms. The number of carbonyl (C=O) groups excluding carboxylic acids is 1. The first-order chi connectivity index (χ1) is 9.97. The van der Waals surface area contributed by atoms with Gasteiger partial charge in [-0.25, -0.2) is 4.39 Å². The lowest BCUT2D eigenvalue weighted by atomic mass is 9.81. The van der Waals surface area contributed by atoms with Crippen LogP contribution in [0.4, 0.5) is 4.39 Å². The van der Waals surface area contributed by atoms with Gasteiger partial charge in [-0.05, 0) is 37.0 Å². The highest BCUT2D eigenvalue weighted by atomic mass is 19.1. The SMILES string of the molecule is CN(Cc1cccc(F)c1)C(=O)[C@H]1CCC[C@H](C(=O)O)C1. The Hall–Kier alpha value is -1.91. The van der Waals surface area contributed by atoms with Crippen molar-refractivity contribution in [3.05, 3.63) is 35.6 Å². The van der Waals surface area contributed by atoms with Gasteiger partial charge in [-0.2, -0.15) is 0 Å². The Kier molecular flexibility index (Phi) is 4.94. The van der Waals surface area contributed by atoms with Crippen LogP contribution in [-0.4, -0.2) is 28.9 Å². The van der Waals surface area contributed by atoms with Crippen LogP contribution in [0.3, 0.4) is 0 Å². The van der Waals surface area contributed by atoms with E-state index in [-0.39, 0.29) is 17.6 Å². The molecule has 0 radical (unpaired) electrons. The molecule has 0 spiro atoms. The summed E-state index contributed by atoms with van der Waals surface area (Å²) in [6.07, 6.45) is 2.55. The summed E-state index contributed by atoms with van der Waals surface area (Å²) in [6.45, 7) is 0.338. The van der Waals surface area contributed by atoms with Crippen LogP contribution in [0.5, 0.6) is 0 Å². The van der Waals surface area contributed by atoms with Crippen LogP contribution in [0, 0.1) is 17.7 Å². The highest BCUT2D eigenvalue weighted by molar-refractivity contribution is 5.80. The van der Waals surface area contributed by atoms with Crippen molar-refractivity contribution in [2.24, 2.45) is 11.8 Å². The second kappa shape index (κ2) is 6.70. The quantitative estimate of drug-likeness (QED) is 0.928. The fraction of sp³-hybridized carbons (Fsp3) is 0.500. The largest absolute Gasteiger partial charge is 0.481 e. The van der Waals surface area contributed by atoms with Gasteiger partial charge in [0.15, 0.2) is 0 Å². The Morgan fingerprint density at radius 2 is 2.05 bits per heavy atom. The van der Waals surface area contributed by atoms with E-state index in [2.05, 4.69) is 0 Å². The Bertz CT molecular complexity index is 532. The lowest BCUT2D eigenvalue weighted by molar-refractivity contribution is -0.145. The summed E-state index contributed by atoms with van der Waals surface area (Å²) >= 11 is 0. The molecule has 1 aromatic carbocycles. The standard InChI is InChI=1S/C16H20FNO3/c1-18(10-11-4-2-7-14(17)8-11)15(19)12-5-3-6-13(9-12)16(20)21/h2,4,7-8,12-13H,3,5-6,9-10H2,1H3,(H,20,21)/t12-,13-/m0/s1. The Morgan fingerprint density at radius 1 is 1.33 bits per heavy atom. The van der Waals surface area contributed by atoms with E-state index in [0.29, 0.717) is 19.4 Å². The first-order valence-corrected chi connectivity index (χ1v) is 7.19. The summed E-state index contributed by atoms with van der Waals surface area (Å²) in [5, 5.41) is 9.08. The van der Waals surface area contributed by atoms with Crippen molar-refractivity contribution in [3.63, 3.8) is 0 Å². The minimum atomic E-state index is -0.819. The van der Waals surface area contributed by atoms with Crippen LogP contribution in [-0.2, 0) is 16.1 Å². The number of carboxylic acids is 1. The first-order valence-electron chi connectivity index (χ1n) is 7.19. The van der Waals surface area contributed by atoms with Crippen molar-refractivity contribution >= 4 is 11.9 Å². The normalized spacial score (nSPS) is 21.8. The van der Waals surface area contributed by atoms with E-state index >= 15 is 0 Å². The number of benzene rings is 1. The summed E-state index contributed by atoms with van der Waals surface area (Å²) in [7, 11) is 1.68. The van der Waals surface area contributed by atoms with Crippen LogP contribution in [0.15, 0.2) is 24.3 Å². The van der Waals surface area contributed by atoms with E-state index < -0.39 is 11.9 Å². The molecule has 4 nitrogen and oxygen atoms in total. The molecule has 1 N–H and O–H groups in total. The van der Waals surface area contributed by atoms with E-state index in [4.69, 9.17) is 5.11 Å². The molecule has 0 saturated heterocycles. The predicted molar refractivity (Wildman–Crippen MR) is 76.0 cm³/mol. The van der Waals surface area contributed by atoms with Crippen molar-refractivity contribution in [1.29, 1.82) is 0 Å². The summed E-state index contributed by atoms with van der Waals surface area (Å²) in [6, 6.07) is 6.16. The second-order valence-corrected chi connectivity index (χ2v) is 5.72. The summed E-state index contributed by atoms with van der Waals surface area (Å²) in [5.74, 6) is -1.85. The fourth-order valence-electron chi connectivity index (χ4n) is 2.94. The smallest absolute Gasteiger partial charge is 0.306 e. The topological polar surface area (TPSA) is 57.6 Å². The number of carbonyl (C=O) groups is 2. The number of rotatable bonds is 4. The van der Waals surface area contributed by atoms with E-state index in [0.717, 1.165) is 18.4 Å². The van der Waals surface area contributed by atoms with E-state index in [1.165, 1.54) is 12.1 Å². The summed E-state index contributed by atoms with van der Waals surface area (Å²) < 4.78 is 13.1. The van der Waals surface area contributed by atoms with Gasteiger partial charge >= 0.3 is 5.97 Å². The molecular weight excluding hydrogens is 273 g/mol. The van der Waals surface area contributed by atoms with E-state index in [1.54, 1.807) is 24.1 Å². The number of amides is 1. The van der Waals surface area contributed by atoms with Gasteiger partial charge in [-0.3, -0.25) is 9.59 Å². The Morgan fingerprint density at radius 3 is 2.71 bits per heavy atom. The van der Waals surface area contributed by atoms with Gasteiger partial charge in [0.25, 0.3) is 0 Å². The number of hydrogen-bond acceptors (Lipinski definition) is 2. The average molecular weight is 293 g/mol. The maximum absolute atomic E-state index is 13.1. The van der Waals surface area contributed by atoms with Crippen molar-refractivity contribution < 1.29 is 19.1 Å². The molecule has 1 fully saturated rings. The monoisotopic (exact) mass is 293 g/mol. The molecule has 1 saturated carbocycles. The zero-order chi connectivity index (χ0) is 15.4. The van der Waals surface area contributed by atoms with E-state index in [1.807, 2.05) is 0 Å². The third-order valence-electron chi connectivity index (χ3n) is 4.06. The maximum Gasteiger partial charge on any atom is 0.306 e. The number of nitrogens with zero attached hydrogens (tertiary/aromatic N) is 1. The van der Waals surface area contributed by atoms with Crippen LogP contribution < -0.4 is 0 Å². The van der Waals surface area contributed by atoms with Crippen molar-refractivity contribution in [2.75, 3.05) is 7.05 Å². The molecule has 114 valence electrons. The summed E-state index contributed by atoms with van der Waals surface area (Å²) in [4.78, 5) is 25.0. The average Bonchev–Trinajstić information content (AvgIpc) is 2.46. The van der Waals surface area contributed by atoms with Gasteiger partial charge in [0, 0.05) is 19.5 Å². The number of halogens is 1. The van der Waals surface area contributed by atoms with Crippen molar-refractivity contribution in [3.8, 4) is 0 Å². The molecular formula is C16H20FNO3. The molecule has 2 rings (SSSR count). The zero-order valence-corrected chi connectivity index (χ0v) is 12.1. The van der Waals surface area contributed by atoms with Crippen LogP contribution >= 0.6 is 0 Å². The molecule has 0 aliphatic heterocycles. The van der Waals surface area contributed by atoms with Crippen molar-refractivity contribution in [2.45, 2.75) is 32.2 Å². The number of hydrogen-bond donors (Lipinski definition) is 1. The second-order valence-electron chi connectivity index (χ2n) is 5.72. The molecule has 1 amide bonds. The minimum Gasteiger partial charge on any atom is -0.481 e. The van der Waals surface area contributed by atoms with Crippen LogP contribution in [0.1, 0.15) is 31.2 Å². The highest BCUT2D eigenvalue weighted by Crippen LogP contribution is 2.30. The van der Waals surface area contributed by atoms with Crippen LogP contribution in [0.2, 0.25) is 0 Å². The van der Waals surface area contributed by atoms with E-state index in [9.17, 15) is 14.0 Å². The molecule has 0 bridgehead atoms. The number of carboxylic acid groups (broad SMARTS) is 1. The fourth-order valence-corrected chi connectivity index (χ4v) is 2.94. The molecule has 1 aromatic rings. The lowest BCUT2D eigenvalue weighted by Gasteiger charge is -2.29. The van der Waals surface area contributed by atoms with Gasteiger partial charge < -0.3 is 10.0 Å². The first kappa shape index (κ1) is 15.5. The van der Waals surface area contributed by atoms with Crippen molar-refractivity contribution in [1.82, 2.24) is 4.90 Å². The number of aliphatic carboxylic acids is 1. The summed E-state index contributed by atoms with van der Waals surface area (Å²) in [5.41, 5.74) is 0.733. The van der Waals surface area contributed by atoms with Gasteiger partial charge in [0.1, 0.15) is 5.82 Å². The highest BCUT2D eigenvalue weighted by Gasteiger charge is 2.32. The predicted octanol–water partition coefficient (Wildman–Crippen LogP) is 2.68. The zero-order valence-electron chi connectivity index (χ0n) is 12.1.